The third-order valence-corrected chi connectivity index (χ3v) is 9.06. The fourth-order valence-electron chi connectivity index (χ4n) is 7.82. The van der Waals surface area contributed by atoms with Crippen molar-refractivity contribution >= 4 is 5.91 Å². The standard InChI is InChI=1S/C22H37NO2/c1-6-25-15-12-17-20-14(2)11-18-22(4,10-8-19(24)23(18)5)16(20)7-9-21(17,3)13-15/h14-18,20H,6-13H2,1-5H3/t14?,15-,16-,17-,18+,20?,21+,22+/m0/s1. The highest BCUT2D eigenvalue weighted by Crippen LogP contribution is 2.66. The second-order valence-corrected chi connectivity index (χ2v) is 10.2. The fourth-order valence-corrected chi connectivity index (χ4v) is 7.82. The molecule has 8 atom stereocenters. The summed E-state index contributed by atoms with van der Waals surface area (Å²) < 4.78 is 6.08. The number of rotatable bonds is 2. The Hall–Kier alpha value is -0.570. The zero-order chi connectivity index (χ0) is 18.0. The maximum absolute atomic E-state index is 12.3. The first-order valence-corrected chi connectivity index (χ1v) is 10.7. The van der Waals surface area contributed by atoms with Gasteiger partial charge in [-0.2, -0.15) is 0 Å². The molecule has 1 aliphatic heterocycles. The fraction of sp³-hybridized carbons (Fsp3) is 0.955. The van der Waals surface area contributed by atoms with Gasteiger partial charge in [0.2, 0.25) is 5.91 Å². The summed E-state index contributed by atoms with van der Waals surface area (Å²) in [6.07, 6.45) is 8.78. The lowest BCUT2D eigenvalue weighted by Crippen LogP contribution is -2.62. The lowest BCUT2D eigenvalue weighted by Gasteiger charge is -2.63. The highest BCUT2D eigenvalue weighted by molar-refractivity contribution is 5.77. The van der Waals surface area contributed by atoms with Gasteiger partial charge in [0, 0.05) is 26.1 Å². The zero-order valence-electron chi connectivity index (χ0n) is 16.9. The highest BCUT2D eigenvalue weighted by Gasteiger charge is 2.62. The molecule has 1 amide bonds. The molecule has 0 aromatic rings. The van der Waals surface area contributed by atoms with Crippen LogP contribution in [0.2, 0.25) is 0 Å². The van der Waals surface area contributed by atoms with Gasteiger partial charge < -0.3 is 9.64 Å². The van der Waals surface area contributed by atoms with Crippen LogP contribution in [0.5, 0.6) is 0 Å². The third kappa shape index (κ3) is 2.51. The summed E-state index contributed by atoms with van der Waals surface area (Å²) in [4.78, 5) is 14.4. The molecule has 1 heterocycles. The smallest absolute Gasteiger partial charge is 0.222 e. The molecular formula is C22H37NO2. The molecule has 0 spiro atoms. The average molecular weight is 348 g/mol. The van der Waals surface area contributed by atoms with Crippen LogP contribution in [0.3, 0.4) is 0 Å². The second-order valence-electron chi connectivity index (χ2n) is 10.2. The van der Waals surface area contributed by atoms with E-state index in [9.17, 15) is 4.79 Å². The van der Waals surface area contributed by atoms with E-state index >= 15 is 0 Å². The summed E-state index contributed by atoms with van der Waals surface area (Å²) >= 11 is 0. The van der Waals surface area contributed by atoms with Crippen molar-refractivity contribution in [2.45, 2.75) is 84.8 Å². The van der Waals surface area contributed by atoms with Crippen LogP contribution in [0.1, 0.15) is 72.6 Å². The van der Waals surface area contributed by atoms with Crippen LogP contribution in [0.25, 0.3) is 0 Å². The van der Waals surface area contributed by atoms with Crippen molar-refractivity contribution in [2.75, 3.05) is 13.7 Å². The Bertz CT molecular complexity index is 548. The Labute approximate surface area is 153 Å². The first kappa shape index (κ1) is 17.8. The van der Waals surface area contributed by atoms with Crippen molar-refractivity contribution in [2.24, 2.45) is 34.5 Å². The van der Waals surface area contributed by atoms with Gasteiger partial charge in [-0.1, -0.05) is 20.8 Å². The van der Waals surface area contributed by atoms with Crippen molar-refractivity contribution in [3.63, 3.8) is 0 Å². The molecule has 0 N–H and O–H groups in total. The maximum atomic E-state index is 12.3. The van der Waals surface area contributed by atoms with Crippen molar-refractivity contribution in [1.82, 2.24) is 4.90 Å². The lowest BCUT2D eigenvalue weighted by molar-refractivity contribution is -0.164. The molecule has 3 heteroatoms. The molecule has 142 valence electrons. The summed E-state index contributed by atoms with van der Waals surface area (Å²) in [7, 11) is 2.06. The first-order chi connectivity index (χ1) is 11.8. The molecule has 0 aromatic heterocycles. The SMILES string of the molecule is CCO[C@H]1C[C@H]2C3C(C)C[C@H]4N(C)C(=O)CC[C@]4(C)[C@H]3CC[C@]2(C)C1. The maximum Gasteiger partial charge on any atom is 0.222 e. The minimum atomic E-state index is 0.324. The molecule has 3 nitrogen and oxygen atoms in total. The molecule has 2 unspecified atom stereocenters. The summed E-state index contributed by atoms with van der Waals surface area (Å²) in [6, 6.07) is 0.457. The van der Waals surface area contributed by atoms with Crippen molar-refractivity contribution < 1.29 is 9.53 Å². The van der Waals surface area contributed by atoms with E-state index in [0.717, 1.165) is 43.1 Å². The molecule has 1 saturated heterocycles. The molecule has 0 bridgehead atoms. The quantitative estimate of drug-likeness (QED) is 0.736. The Morgan fingerprint density at radius 2 is 1.96 bits per heavy atom. The minimum absolute atomic E-state index is 0.324. The normalized spacial score (nSPS) is 52.5. The average Bonchev–Trinajstić information content (AvgIpc) is 2.90. The van der Waals surface area contributed by atoms with Crippen molar-refractivity contribution in [3.05, 3.63) is 0 Å². The number of hydrogen-bond acceptors (Lipinski definition) is 2. The molecule has 0 radical (unpaired) electrons. The Kier molecular flexibility index (Phi) is 4.26. The van der Waals surface area contributed by atoms with E-state index in [1.54, 1.807) is 0 Å². The van der Waals surface area contributed by atoms with E-state index in [1.807, 2.05) is 0 Å². The van der Waals surface area contributed by atoms with E-state index < -0.39 is 0 Å². The van der Waals surface area contributed by atoms with Gasteiger partial charge in [-0.05, 0) is 80.0 Å². The molecule has 4 aliphatic rings. The van der Waals surface area contributed by atoms with E-state index in [2.05, 4.69) is 39.6 Å². The van der Waals surface area contributed by atoms with Crippen LogP contribution in [0.15, 0.2) is 0 Å². The Morgan fingerprint density at radius 1 is 1.20 bits per heavy atom. The van der Waals surface area contributed by atoms with E-state index in [4.69, 9.17) is 4.74 Å². The molecule has 4 fully saturated rings. The van der Waals surface area contributed by atoms with Gasteiger partial charge in [-0.15, -0.1) is 0 Å². The van der Waals surface area contributed by atoms with E-state index in [1.165, 1.54) is 32.1 Å². The number of likely N-dealkylation sites (tertiary alicyclic amines) is 1. The van der Waals surface area contributed by atoms with Gasteiger partial charge in [-0.25, -0.2) is 0 Å². The largest absolute Gasteiger partial charge is 0.378 e. The van der Waals surface area contributed by atoms with E-state index in [-0.39, 0.29) is 0 Å². The van der Waals surface area contributed by atoms with Gasteiger partial charge in [0.15, 0.2) is 0 Å². The molecule has 25 heavy (non-hydrogen) atoms. The summed E-state index contributed by atoms with van der Waals surface area (Å²) in [5.41, 5.74) is 0.805. The van der Waals surface area contributed by atoms with Gasteiger partial charge in [0.05, 0.1) is 6.10 Å². The number of carbonyl (C=O) groups is 1. The summed E-state index contributed by atoms with van der Waals surface area (Å²) in [5.74, 6) is 3.52. The first-order valence-electron chi connectivity index (χ1n) is 10.7. The van der Waals surface area contributed by atoms with Crippen LogP contribution >= 0.6 is 0 Å². The predicted molar refractivity (Wildman–Crippen MR) is 100 cm³/mol. The van der Waals surface area contributed by atoms with Crippen LogP contribution in [-0.4, -0.2) is 36.6 Å². The molecule has 3 saturated carbocycles. The third-order valence-electron chi connectivity index (χ3n) is 9.06. The number of amides is 1. The lowest BCUT2D eigenvalue weighted by atomic mass is 9.45. The highest BCUT2D eigenvalue weighted by atomic mass is 16.5. The van der Waals surface area contributed by atoms with Crippen LogP contribution < -0.4 is 0 Å². The number of nitrogens with zero attached hydrogens (tertiary/aromatic N) is 1. The minimum Gasteiger partial charge on any atom is -0.378 e. The molecule has 3 aliphatic carbocycles. The van der Waals surface area contributed by atoms with Gasteiger partial charge in [0.25, 0.3) is 0 Å². The number of piperidine rings is 1. The number of ether oxygens (including phenoxy) is 1. The monoisotopic (exact) mass is 347 g/mol. The van der Waals surface area contributed by atoms with Gasteiger partial charge >= 0.3 is 0 Å². The van der Waals surface area contributed by atoms with Gasteiger partial charge in [-0.3, -0.25) is 4.79 Å². The second kappa shape index (κ2) is 5.97. The number of fused-ring (bicyclic) bond motifs is 5. The molecule has 0 aromatic carbocycles. The van der Waals surface area contributed by atoms with Crippen LogP contribution in [0.4, 0.5) is 0 Å². The predicted octanol–water partition coefficient (Wildman–Crippen LogP) is 4.50. The van der Waals surface area contributed by atoms with Crippen molar-refractivity contribution in [1.29, 1.82) is 0 Å². The van der Waals surface area contributed by atoms with Gasteiger partial charge in [0.1, 0.15) is 0 Å². The van der Waals surface area contributed by atoms with E-state index in [0.29, 0.717) is 28.9 Å². The number of carbonyl (C=O) groups excluding carboxylic acids is 1. The summed E-state index contributed by atoms with van der Waals surface area (Å²) in [5, 5.41) is 0. The molecular weight excluding hydrogens is 310 g/mol. The van der Waals surface area contributed by atoms with Crippen molar-refractivity contribution in [3.8, 4) is 0 Å². The molecule has 4 rings (SSSR count). The van der Waals surface area contributed by atoms with Crippen LogP contribution in [-0.2, 0) is 9.53 Å². The topological polar surface area (TPSA) is 29.5 Å². The van der Waals surface area contributed by atoms with Crippen LogP contribution in [0, 0.1) is 34.5 Å². The Balaban J connectivity index is 1.64. The Morgan fingerprint density at radius 3 is 2.68 bits per heavy atom. The number of hydrogen-bond donors (Lipinski definition) is 0. The zero-order valence-corrected chi connectivity index (χ0v) is 16.9. The summed E-state index contributed by atoms with van der Waals surface area (Å²) in [6.45, 7) is 10.5.